The number of hydrogen-bond acceptors (Lipinski definition) is 3. The number of carbonyl (C=O) groups excluding carboxylic acids is 1. The van der Waals surface area contributed by atoms with E-state index in [-0.39, 0.29) is 24.1 Å². The van der Waals surface area contributed by atoms with Crippen LogP contribution in [0.5, 0.6) is 0 Å². The highest BCUT2D eigenvalue weighted by molar-refractivity contribution is 5.94. The average molecular weight is 375 g/mol. The molecule has 1 aliphatic rings. The van der Waals surface area contributed by atoms with Crippen molar-refractivity contribution >= 4 is 16.8 Å². The van der Waals surface area contributed by atoms with Crippen LogP contribution in [0.3, 0.4) is 0 Å². The van der Waals surface area contributed by atoms with Crippen LogP contribution in [0.25, 0.3) is 10.9 Å². The van der Waals surface area contributed by atoms with Crippen LogP contribution in [0.2, 0.25) is 0 Å². The summed E-state index contributed by atoms with van der Waals surface area (Å²) in [6, 6.07) is 13.3. The Morgan fingerprint density at radius 2 is 1.86 bits per heavy atom. The Kier molecular flexibility index (Phi) is 4.99. The van der Waals surface area contributed by atoms with Crippen LogP contribution >= 0.6 is 0 Å². The number of fused-ring (bicyclic) bond motifs is 2. The lowest BCUT2D eigenvalue weighted by molar-refractivity contribution is 0.0685. The predicted octanol–water partition coefficient (Wildman–Crippen LogP) is 3.85. The van der Waals surface area contributed by atoms with Crippen molar-refractivity contribution in [3.8, 4) is 0 Å². The molecule has 1 amide bonds. The summed E-state index contributed by atoms with van der Waals surface area (Å²) in [6.07, 6.45) is 4.54. The molecule has 0 aliphatic heterocycles. The molecule has 28 heavy (non-hydrogen) atoms. The number of hydrogen-bond donors (Lipinski definition) is 1. The third-order valence-corrected chi connectivity index (χ3v) is 5.46. The molecule has 0 saturated heterocycles. The molecule has 0 saturated carbocycles. The summed E-state index contributed by atoms with van der Waals surface area (Å²) in [5.74, 6) is 0.475. The molecular formula is C23H25N3O2. The molecule has 0 bridgehead atoms. The number of rotatable bonds is 4. The van der Waals surface area contributed by atoms with Crippen LogP contribution in [-0.2, 0) is 19.4 Å². The standard InChI is InChI=1S/C23H25N3O2/c1-15(2)26(14-21-24-20-10-6-5-9-19(20)22(27)25-21)23(28)18-12-11-16-7-3-4-8-17(16)13-18/h5-6,9-13,15H,3-4,7-8,14H2,1-2H3,(H,24,25,27). The second-order valence-corrected chi connectivity index (χ2v) is 7.75. The summed E-state index contributed by atoms with van der Waals surface area (Å²) < 4.78 is 0. The van der Waals surface area contributed by atoms with Crippen molar-refractivity contribution in [2.45, 2.75) is 52.1 Å². The van der Waals surface area contributed by atoms with Gasteiger partial charge in [-0.3, -0.25) is 9.59 Å². The van der Waals surface area contributed by atoms with Gasteiger partial charge in [0, 0.05) is 11.6 Å². The van der Waals surface area contributed by atoms with E-state index in [1.807, 2.05) is 44.2 Å². The Bertz CT molecular complexity index is 1080. The van der Waals surface area contributed by atoms with E-state index in [9.17, 15) is 9.59 Å². The molecular weight excluding hydrogens is 350 g/mol. The van der Waals surface area contributed by atoms with Crippen LogP contribution in [0, 0.1) is 0 Å². The number of aromatic amines is 1. The van der Waals surface area contributed by atoms with E-state index in [1.165, 1.54) is 24.0 Å². The minimum atomic E-state index is -0.175. The number of para-hydroxylation sites is 1. The normalized spacial score (nSPS) is 13.5. The molecule has 0 atom stereocenters. The first-order valence-electron chi connectivity index (χ1n) is 9.93. The average Bonchev–Trinajstić information content (AvgIpc) is 2.71. The van der Waals surface area contributed by atoms with Gasteiger partial charge in [0.15, 0.2) is 0 Å². The Hall–Kier alpha value is -2.95. The van der Waals surface area contributed by atoms with Crippen molar-refractivity contribution in [1.29, 1.82) is 0 Å². The summed E-state index contributed by atoms with van der Waals surface area (Å²) in [5.41, 5.74) is 3.83. The molecule has 0 radical (unpaired) electrons. The van der Waals surface area contributed by atoms with Crippen molar-refractivity contribution in [2.75, 3.05) is 0 Å². The molecule has 1 aliphatic carbocycles. The highest BCUT2D eigenvalue weighted by atomic mass is 16.2. The number of H-pyrrole nitrogens is 1. The van der Waals surface area contributed by atoms with Gasteiger partial charge in [0.1, 0.15) is 5.82 Å². The summed E-state index contributed by atoms with van der Waals surface area (Å²) in [5, 5.41) is 0.559. The van der Waals surface area contributed by atoms with Crippen LogP contribution in [0.4, 0.5) is 0 Å². The first-order chi connectivity index (χ1) is 13.5. The Labute approximate surface area is 164 Å². The minimum absolute atomic E-state index is 0.0136. The smallest absolute Gasteiger partial charge is 0.258 e. The predicted molar refractivity (Wildman–Crippen MR) is 110 cm³/mol. The third-order valence-electron chi connectivity index (χ3n) is 5.46. The number of aryl methyl sites for hydroxylation is 2. The van der Waals surface area contributed by atoms with Gasteiger partial charge in [0.25, 0.3) is 11.5 Å². The van der Waals surface area contributed by atoms with Crippen LogP contribution in [0.1, 0.15) is 54.0 Å². The molecule has 0 spiro atoms. The van der Waals surface area contributed by atoms with Crippen molar-refractivity contribution < 1.29 is 4.79 Å². The lowest BCUT2D eigenvalue weighted by Crippen LogP contribution is -2.37. The zero-order chi connectivity index (χ0) is 19.7. The number of amides is 1. The SMILES string of the molecule is CC(C)N(Cc1nc2ccccc2c(=O)[nH]1)C(=O)c1ccc2c(c1)CCCC2. The van der Waals surface area contributed by atoms with E-state index in [2.05, 4.69) is 16.0 Å². The summed E-state index contributed by atoms with van der Waals surface area (Å²) in [6.45, 7) is 4.23. The minimum Gasteiger partial charge on any atom is -0.329 e. The molecule has 144 valence electrons. The highest BCUT2D eigenvalue weighted by Gasteiger charge is 2.22. The molecule has 5 heteroatoms. The summed E-state index contributed by atoms with van der Waals surface area (Å²) in [7, 11) is 0. The maximum absolute atomic E-state index is 13.2. The largest absolute Gasteiger partial charge is 0.329 e. The Balaban J connectivity index is 1.64. The summed E-state index contributed by atoms with van der Waals surface area (Å²) in [4.78, 5) is 34.7. The van der Waals surface area contributed by atoms with Gasteiger partial charge in [-0.2, -0.15) is 0 Å². The Morgan fingerprint density at radius 1 is 1.11 bits per heavy atom. The van der Waals surface area contributed by atoms with Gasteiger partial charge in [-0.15, -0.1) is 0 Å². The van der Waals surface area contributed by atoms with E-state index in [0.717, 1.165) is 12.8 Å². The maximum atomic E-state index is 13.2. The fraction of sp³-hybridized carbons (Fsp3) is 0.348. The zero-order valence-electron chi connectivity index (χ0n) is 16.4. The van der Waals surface area contributed by atoms with Gasteiger partial charge >= 0.3 is 0 Å². The summed E-state index contributed by atoms with van der Waals surface area (Å²) >= 11 is 0. The number of carbonyl (C=O) groups is 1. The monoisotopic (exact) mass is 375 g/mol. The lowest BCUT2D eigenvalue weighted by atomic mass is 9.90. The number of nitrogens with zero attached hydrogens (tertiary/aromatic N) is 2. The van der Waals surface area contributed by atoms with Crippen molar-refractivity contribution in [3.05, 3.63) is 75.3 Å². The Morgan fingerprint density at radius 3 is 2.64 bits per heavy atom. The molecule has 1 N–H and O–H groups in total. The van der Waals surface area contributed by atoms with Gasteiger partial charge in [-0.05, 0) is 74.9 Å². The first kappa shape index (κ1) is 18.4. The van der Waals surface area contributed by atoms with E-state index in [4.69, 9.17) is 0 Å². The lowest BCUT2D eigenvalue weighted by Gasteiger charge is -2.27. The maximum Gasteiger partial charge on any atom is 0.258 e. The fourth-order valence-corrected chi connectivity index (χ4v) is 3.89. The van der Waals surface area contributed by atoms with Gasteiger partial charge < -0.3 is 9.88 Å². The van der Waals surface area contributed by atoms with Gasteiger partial charge in [-0.25, -0.2) is 4.98 Å². The van der Waals surface area contributed by atoms with Gasteiger partial charge in [-0.1, -0.05) is 18.2 Å². The number of benzene rings is 2. The second kappa shape index (κ2) is 7.58. The molecule has 1 aromatic heterocycles. The quantitative estimate of drug-likeness (QED) is 0.753. The highest BCUT2D eigenvalue weighted by Crippen LogP contribution is 2.23. The van der Waals surface area contributed by atoms with E-state index < -0.39 is 0 Å². The topological polar surface area (TPSA) is 66.1 Å². The third kappa shape index (κ3) is 3.57. The molecule has 4 rings (SSSR count). The fourth-order valence-electron chi connectivity index (χ4n) is 3.89. The molecule has 5 nitrogen and oxygen atoms in total. The molecule has 1 heterocycles. The van der Waals surface area contributed by atoms with Crippen molar-refractivity contribution in [2.24, 2.45) is 0 Å². The van der Waals surface area contributed by atoms with E-state index in [0.29, 0.717) is 22.3 Å². The van der Waals surface area contributed by atoms with Crippen LogP contribution in [0.15, 0.2) is 47.3 Å². The van der Waals surface area contributed by atoms with Gasteiger partial charge in [0.05, 0.1) is 17.4 Å². The second-order valence-electron chi connectivity index (χ2n) is 7.75. The van der Waals surface area contributed by atoms with Gasteiger partial charge in [0.2, 0.25) is 0 Å². The van der Waals surface area contributed by atoms with E-state index >= 15 is 0 Å². The van der Waals surface area contributed by atoms with Crippen LogP contribution < -0.4 is 5.56 Å². The van der Waals surface area contributed by atoms with Crippen molar-refractivity contribution in [3.63, 3.8) is 0 Å². The molecule has 3 aromatic rings. The molecule has 0 unspecified atom stereocenters. The molecule has 0 fully saturated rings. The van der Waals surface area contributed by atoms with Crippen LogP contribution in [-0.4, -0.2) is 26.8 Å². The number of nitrogens with one attached hydrogen (secondary N) is 1. The molecule has 2 aromatic carbocycles. The van der Waals surface area contributed by atoms with E-state index in [1.54, 1.807) is 11.0 Å². The van der Waals surface area contributed by atoms with Crippen molar-refractivity contribution in [1.82, 2.24) is 14.9 Å². The number of aromatic nitrogens is 2. The zero-order valence-corrected chi connectivity index (χ0v) is 16.4. The first-order valence-corrected chi connectivity index (χ1v) is 9.93.